The fourth-order valence-corrected chi connectivity index (χ4v) is 3.79. The van der Waals surface area contributed by atoms with Crippen molar-refractivity contribution in [3.8, 4) is 17.3 Å². The lowest BCUT2D eigenvalue weighted by Gasteiger charge is -2.11. The average Bonchev–Trinajstić information content (AvgIpc) is 3.35. The first kappa shape index (κ1) is 27.5. The van der Waals surface area contributed by atoms with Gasteiger partial charge >= 0.3 is 6.18 Å². The predicted octanol–water partition coefficient (Wildman–Crippen LogP) is 4.02. The summed E-state index contributed by atoms with van der Waals surface area (Å²) in [5.74, 6) is 0.0597. The Kier molecular flexibility index (Phi) is 8.41. The number of imidazole rings is 1. The highest BCUT2D eigenvalue weighted by atomic mass is 19.4. The highest BCUT2D eigenvalue weighted by molar-refractivity contribution is 5.93. The summed E-state index contributed by atoms with van der Waals surface area (Å²) in [6, 6.07) is 11.9. The number of hydrogen-bond acceptors (Lipinski definition) is 7. The van der Waals surface area contributed by atoms with E-state index in [0.29, 0.717) is 60.9 Å². The molecule has 0 saturated carbocycles. The second-order valence-electron chi connectivity index (χ2n) is 9.13. The molecule has 3 heterocycles. The first-order valence-electron chi connectivity index (χ1n) is 12.2. The summed E-state index contributed by atoms with van der Waals surface area (Å²) in [6.45, 7) is 1.62. The van der Waals surface area contributed by atoms with E-state index < -0.39 is 11.7 Å². The average molecular weight is 537 g/mol. The van der Waals surface area contributed by atoms with Gasteiger partial charge in [-0.1, -0.05) is 12.1 Å². The van der Waals surface area contributed by atoms with Gasteiger partial charge in [-0.3, -0.25) is 14.2 Å². The van der Waals surface area contributed by atoms with E-state index in [9.17, 15) is 18.0 Å². The lowest BCUT2D eigenvalue weighted by atomic mass is 10.1. The molecule has 0 spiro atoms. The number of rotatable bonds is 10. The molecule has 0 aliphatic rings. The summed E-state index contributed by atoms with van der Waals surface area (Å²) in [5, 5.41) is 15.0. The van der Waals surface area contributed by atoms with Crippen molar-refractivity contribution < 1.29 is 18.0 Å². The molecular formula is C27H27F3N8O. The molecule has 9 nitrogen and oxygen atoms in total. The minimum Gasteiger partial charge on any atom is -0.355 e. The minimum absolute atomic E-state index is 0.199. The third-order valence-electron chi connectivity index (χ3n) is 5.89. The summed E-state index contributed by atoms with van der Waals surface area (Å²) in [7, 11) is 3.81. The number of carbonyl (C=O) groups excluding carboxylic acids is 1. The molecule has 2 N–H and O–H groups in total. The monoisotopic (exact) mass is 536 g/mol. The largest absolute Gasteiger partial charge is 0.416 e. The van der Waals surface area contributed by atoms with Gasteiger partial charge in [0.15, 0.2) is 0 Å². The molecule has 0 atom stereocenters. The van der Waals surface area contributed by atoms with Gasteiger partial charge in [0.2, 0.25) is 5.95 Å². The first-order valence-corrected chi connectivity index (χ1v) is 12.2. The number of nitriles is 1. The summed E-state index contributed by atoms with van der Waals surface area (Å²) in [4.78, 5) is 28.0. The van der Waals surface area contributed by atoms with Crippen molar-refractivity contribution >= 4 is 17.5 Å². The molecule has 0 aliphatic carbocycles. The number of anilines is 1. The Hall–Kier alpha value is -4.50. The van der Waals surface area contributed by atoms with Crippen LogP contribution in [-0.2, 0) is 12.6 Å². The minimum atomic E-state index is -4.44. The van der Waals surface area contributed by atoms with Crippen molar-refractivity contribution in [3.63, 3.8) is 0 Å². The SMILES string of the molecule is CN(C)CCNC(=O)c1cn2c(NCCCc3ccc(C#N)cn3)nc(-c3ccc(C(F)(F)F)cc3)cc2n1. The Balaban J connectivity index is 1.57. The van der Waals surface area contributed by atoms with Crippen LogP contribution in [0.15, 0.2) is 54.9 Å². The molecule has 0 bridgehead atoms. The number of halogens is 3. The van der Waals surface area contributed by atoms with Gasteiger partial charge in [-0.2, -0.15) is 18.4 Å². The molecule has 1 aromatic carbocycles. The van der Waals surface area contributed by atoms with Crippen LogP contribution in [0.2, 0.25) is 0 Å². The molecule has 12 heteroatoms. The van der Waals surface area contributed by atoms with Crippen LogP contribution in [0.5, 0.6) is 0 Å². The lowest BCUT2D eigenvalue weighted by molar-refractivity contribution is -0.137. The summed E-state index contributed by atoms with van der Waals surface area (Å²) in [5.41, 5.74) is 2.10. The number of pyridine rings is 1. The van der Waals surface area contributed by atoms with Gasteiger partial charge in [-0.15, -0.1) is 0 Å². The molecule has 1 amide bonds. The molecule has 202 valence electrons. The maximum absolute atomic E-state index is 13.0. The van der Waals surface area contributed by atoms with Gasteiger partial charge in [-0.25, -0.2) is 9.97 Å². The topological polar surface area (TPSA) is 111 Å². The Morgan fingerprint density at radius 2 is 1.87 bits per heavy atom. The van der Waals surface area contributed by atoms with Gasteiger partial charge in [0.25, 0.3) is 5.91 Å². The van der Waals surface area contributed by atoms with Crippen LogP contribution < -0.4 is 10.6 Å². The molecule has 4 rings (SSSR count). The molecule has 4 aromatic rings. The van der Waals surface area contributed by atoms with Crippen molar-refractivity contribution in [2.75, 3.05) is 39.0 Å². The van der Waals surface area contributed by atoms with Crippen LogP contribution in [0.1, 0.15) is 33.7 Å². The molecule has 39 heavy (non-hydrogen) atoms. The number of aryl methyl sites for hydroxylation is 1. The van der Waals surface area contributed by atoms with Gasteiger partial charge in [0, 0.05) is 49.4 Å². The standard InChI is InChI=1S/C27H27F3N8O/c1-37(2)13-12-32-25(39)23-17-38-24(35-23)14-22(19-6-8-20(9-7-19)27(28,29)30)36-26(38)33-11-3-4-21-10-5-18(15-31)16-34-21/h5-10,14,16-17H,3-4,11-13H2,1-2H3,(H,32,39)(H,33,36). The van der Waals surface area contributed by atoms with Gasteiger partial charge in [0.05, 0.1) is 16.8 Å². The van der Waals surface area contributed by atoms with Crippen LogP contribution in [0.25, 0.3) is 16.9 Å². The van der Waals surface area contributed by atoms with E-state index in [1.54, 1.807) is 28.8 Å². The third kappa shape index (κ3) is 7.08. The van der Waals surface area contributed by atoms with Crippen LogP contribution in [-0.4, -0.2) is 63.9 Å². The number of hydrogen-bond donors (Lipinski definition) is 2. The predicted molar refractivity (Wildman–Crippen MR) is 140 cm³/mol. The summed E-state index contributed by atoms with van der Waals surface area (Å²) >= 11 is 0. The molecule has 3 aromatic heterocycles. The van der Waals surface area contributed by atoms with Crippen molar-refractivity contribution in [2.45, 2.75) is 19.0 Å². The lowest BCUT2D eigenvalue weighted by Crippen LogP contribution is -2.31. The summed E-state index contributed by atoms with van der Waals surface area (Å²) < 4.78 is 40.8. The molecular weight excluding hydrogens is 509 g/mol. The van der Waals surface area contributed by atoms with E-state index >= 15 is 0 Å². The summed E-state index contributed by atoms with van der Waals surface area (Å²) in [6.07, 6.45) is 0.0137. The number of benzene rings is 1. The number of nitrogens with one attached hydrogen (secondary N) is 2. The van der Waals surface area contributed by atoms with E-state index in [4.69, 9.17) is 5.26 Å². The highest BCUT2D eigenvalue weighted by Crippen LogP contribution is 2.31. The van der Waals surface area contributed by atoms with E-state index in [1.807, 2.05) is 25.1 Å². The Morgan fingerprint density at radius 1 is 1.10 bits per heavy atom. The van der Waals surface area contributed by atoms with E-state index in [2.05, 4.69) is 25.6 Å². The number of alkyl halides is 3. The maximum Gasteiger partial charge on any atom is 0.416 e. The van der Waals surface area contributed by atoms with Crippen molar-refractivity contribution in [2.24, 2.45) is 0 Å². The number of amides is 1. The van der Waals surface area contributed by atoms with Crippen LogP contribution in [0.4, 0.5) is 19.1 Å². The Bertz CT molecular complexity index is 1470. The first-order chi connectivity index (χ1) is 18.6. The number of fused-ring (bicyclic) bond motifs is 1. The van der Waals surface area contributed by atoms with Gasteiger partial charge in [-0.05, 0) is 51.2 Å². The molecule has 0 radical (unpaired) electrons. The normalized spacial score (nSPS) is 11.5. The number of carbonyl (C=O) groups is 1. The van der Waals surface area contributed by atoms with Crippen molar-refractivity contribution in [1.29, 1.82) is 5.26 Å². The number of likely N-dealkylation sites (N-methyl/N-ethyl adjacent to an activating group) is 1. The molecule has 0 aliphatic heterocycles. The van der Waals surface area contributed by atoms with Gasteiger partial charge in [0.1, 0.15) is 17.4 Å². The highest BCUT2D eigenvalue weighted by Gasteiger charge is 2.30. The van der Waals surface area contributed by atoms with E-state index in [1.165, 1.54) is 18.3 Å². The maximum atomic E-state index is 13.0. The van der Waals surface area contributed by atoms with Crippen molar-refractivity contribution in [1.82, 2.24) is 29.6 Å². The van der Waals surface area contributed by atoms with Gasteiger partial charge < -0.3 is 15.5 Å². The van der Waals surface area contributed by atoms with E-state index in [0.717, 1.165) is 17.8 Å². The fourth-order valence-electron chi connectivity index (χ4n) is 3.79. The Labute approximate surface area is 223 Å². The Morgan fingerprint density at radius 3 is 2.51 bits per heavy atom. The molecule has 0 unspecified atom stereocenters. The number of aromatic nitrogens is 4. The molecule has 0 saturated heterocycles. The van der Waals surface area contributed by atoms with Crippen LogP contribution in [0.3, 0.4) is 0 Å². The van der Waals surface area contributed by atoms with Crippen LogP contribution >= 0.6 is 0 Å². The fraction of sp³-hybridized carbons (Fsp3) is 0.296. The van der Waals surface area contributed by atoms with E-state index in [-0.39, 0.29) is 11.6 Å². The van der Waals surface area contributed by atoms with Crippen molar-refractivity contribution in [3.05, 3.63) is 77.4 Å². The zero-order valence-electron chi connectivity index (χ0n) is 21.5. The third-order valence-corrected chi connectivity index (χ3v) is 5.89. The quantitative estimate of drug-likeness (QED) is 0.295. The number of nitrogens with zero attached hydrogens (tertiary/aromatic N) is 6. The zero-order chi connectivity index (χ0) is 28.0. The second-order valence-corrected chi connectivity index (χ2v) is 9.13. The molecule has 0 fully saturated rings. The smallest absolute Gasteiger partial charge is 0.355 e. The van der Waals surface area contributed by atoms with Crippen LogP contribution in [0, 0.1) is 11.3 Å². The second kappa shape index (κ2) is 11.9. The zero-order valence-corrected chi connectivity index (χ0v) is 21.5.